The van der Waals surface area contributed by atoms with Gasteiger partial charge in [0.05, 0.1) is 18.5 Å². The molecule has 1 atom stereocenters. The lowest BCUT2D eigenvalue weighted by molar-refractivity contribution is -0.135. The van der Waals surface area contributed by atoms with Crippen LogP contribution in [-0.4, -0.2) is 27.4 Å². The van der Waals surface area contributed by atoms with Gasteiger partial charge in [-0.2, -0.15) is 0 Å². The summed E-state index contributed by atoms with van der Waals surface area (Å²) in [6.07, 6.45) is 7.20. The minimum Gasteiger partial charge on any atom is -0.469 e. The number of hydrogen-bond donors (Lipinski definition) is 0. The fraction of sp³-hybridized carbons (Fsp3) is 0.467. The fourth-order valence-corrected chi connectivity index (χ4v) is 2.79. The number of imidazole rings is 1. The highest BCUT2D eigenvalue weighted by Crippen LogP contribution is 2.22. The third-order valence-corrected chi connectivity index (χ3v) is 4.06. The quantitative estimate of drug-likeness (QED) is 0.859. The van der Waals surface area contributed by atoms with Crippen molar-refractivity contribution in [3.8, 4) is 0 Å². The van der Waals surface area contributed by atoms with E-state index in [0.29, 0.717) is 6.54 Å². The average Bonchev–Trinajstić information content (AvgIpc) is 3.06. The van der Waals surface area contributed by atoms with E-state index in [0.717, 1.165) is 30.7 Å². The van der Waals surface area contributed by atoms with Crippen LogP contribution in [0.5, 0.6) is 0 Å². The number of aromatic nitrogens is 2. The van der Waals surface area contributed by atoms with E-state index in [1.807, 2.05) is 32.6 Å². The maximum atomic E-state index is 12.5. The van der Waals surface area contributed by atoms with Gasteiger partial charge in [0.25, 0.3) is 0 Å². The number of amides is 1. The molecule has 2 aromatic heterocycles. The molecule has 2 aromatic rings. The molecule has 1 unspecified atom stereocenters. The van der Waals surface area contributed by atoms with E-state index in [-0.39, 0.29) is 11.8 Å². The number of furan rings is 1. The van der Waals surface area contributed by atoms with Crippen LogP contribution in [0.1, 0.15) is 23.4 Å². The molecule has 0 saturated heterocycles. The van der Waals surface area contributed by atoms with Crippen molar-refractivity contribution in [3.05, 3.63) is 41.9 Å². The predicted octanol–water partition coefficient (Wildman–Crippen LogP) is 2.01. The third-order valence-electron chi connectivity index (χ3n) is 4.06. The minimum absolute atomic E-state index is 0.0499. The second kappa shape index (κ2) is 5.15. The van der Waals surface area contributed by atoms with Crippen LogP contribution in [-0.2, 0) is 24.3 Å². The number of carbonyl (C=O) groups is 1. The molecule has 106 valence electrons. The molecule has 3 rings (SSSR count). The van der Waals surface area contributed by atoms with E-state index in [9.17, 15) is 4.79 Å². The molecule has 5 nitrogen and oxygen atoms in total. The maximum absolute atomic E-state index is 12.5. The molecule has 0 radical (unpaired) electrons. The highest BCUT2D eigenvalue weighted by molar-refractivity contribution is 5.78. The largest absolute Gasteiger partial charge is 0.469 e. The van der Waals surface area contributed by atoms with Crippen molar-refractivity contribution in [1.82, 2.24) is 14.5 Å². The van der Waals surface area contributed by atoms with Crippen LogP contribution in [0.2, 0.25) is 0 Å². The van der Waals surface area contributed by atoms with E-state index >= 15 is 0 Å². The van der Waals surface area contributed by atoms with Crippen LogP contribution in [0, 0.1) is 12.8 Å². The second-order valence-corrected chi connectivity index (χ2v) is 5.47. The van der Waals surface area contributed by atoms with Gasteiger partial charge in [0.15, 0.2) is 0 Å². The van der Waals surface area contributed by atoms with E-state index in [1.165, 1.54) is 5.69 Å². The van der Waals surface area contributed by atoms with Gasteiger partial charge >= 0.3 is 0 Å². The molecule has 0 saturated carbocycles. The molecule has 5 heteroatoms. The average molecular weight is 273 g/mol. The van der Waals surface area contributed by atoms with Gasteiger partial charge in [-0.1, -0.05) is 0 Å². The third kappa shape index (κ3) is 2.35. The Hall–Kier alpha value is -2.04. The lowest BCUT2D eigenvalue weighted by Crippen LogP contribution is -2.36. The van der Waals surface area contributed by atoms with Gasteiger partial charge in [0, 0.05) is 37.6 Å². The Balaban J connectivity index is 1.66. The molecule has 0 spiro atoms. The van der Waals surface area contributed by atoms with Crippen molar-refractivity contribution in [2.45, 2.75) is 32.9 Å². The van der Waals surface area contributed by atoms with Crippen molar-refractivity contribution < 1.29 is 9.21 Å². The van der Waals surface area contributed by atoms with Crippen LogP contribution in [0.15, 0.2) is 29.3 Å². The summed E-state index contributed by atoms with van der Waals surface area (Å²) in [5.74, 6) is 1.13. The van der Waals surface area contributed by atoms with Crippen LogP contribution in [0.3, 0.4) is 0 Å². The molecule has 1 amide bonds. The standard InChI is InChI=1S/C15H19N3O2/c1-11-12(5-6-20-11)8-17(2)15(19)13-3-4-14-7-16-10-18(14)9-13/h5-7,10,13H,3-4,8-9H2,1-2H3. The molecular weight excluding hydrogens is 254 g/mol. The number of carbonyl (C=O) groups excluding carboxylic acids is 1. The van der Waals surface area contributed by atoms with E-state index < -0.39 is 0 Å². The number of aryl methyl sites for hydroxylation is 2. The number of nitrogens with zero attached hydrogens (tertiary/aromatic N) is 3. The summed E-state index contributed by atoms with van der Waals surface area (Å²) in [6, 6.07) is 1.92. The maximum Gasteiger partial charge on any atom is 0.227 e. The van der Waals surface area contributed by atoms with Gasteiger partial charge in [-0.05, 0) is 25.8 Å². The molecule has 20 heavy (non-hydrogen) atoms. The number of hydrogen-bond acceptors (Lipinski definition) is 3. The molecular formula is C15H19N3O2. The highest BCUT2D eigenvalue weighted by Gasteiger charge is 2.27. The van der Waals surface area contributed by atoms with Gasteiger partial charge in [0.1, 0.15) is 5.76 Å². The van der Waals surface area contributed by atoms with Crippen LogP contribution in [0.4, 0.5) is 0 Å². The smallest absolute Gasteiger partial charge is 0.227 e. The summed E-state index contributed by atoms with van der Waals surface area (Å²) in [5.41, 5.74) is 2.29. The summed E-state index contributed by atoms with van der Waals surface area (Å²) in [5, 5.41) is 0. The Morgan fingerprint density at radius 3 is 3.20 bits per heavy atom. The van der Waals surface area contributed by atoms with Gasteiger partial charge in [0.2, 0.25) is 5.91 Å². The van der Waals surface area contributed by atoms with Crippen molar-refractivity contribution in [3.63, 3.8) is 0 Å². The summed E-state index contributed by atoms with van der Waals surface area (Å²) < 4.78 is 7.36. The van der Waals surface area contributed by atoms with Crippen LogP contribution in [0.25, 0.3) is 0 Å². The van der Waals surface area contributed by atoms with Crippen LogP contribution >= 0.6 is 0 Å². The lowest BCUT2D eigenvalue weighted by atomic mass is 9.96. The van der Waals surface area contributed by atoms with Crippen molar-refractivity contribution in [2.75, 3.05) is 7.05 Å². The summed E-state index contributed by atoms with van der Waals surface area (Å²) >= 11 is 0. The van der Waals surface area contributed by atoms with E-state index in [2.05, 4.69) is 9.55 Å². The van der Waals surface area contributed by atoms with Gasteiger partial charge < -0.3 is 13.9 Å². The van der Waals surface area contributed by atoms with E-state index in [1.54, 1.807) is 11.2 Å². The molecule has 0 aliphatic carbocycles. The molecule has 0 bridgehead atoms. The Labute approximate surface area is 118 Å². The normalized spacial score (nSPS) is 17.8. The monoisotopic (exact) mass is 273 g/mol. The Morgan fingerprint density at radius 1 is 1.60 bits per heavy atom. The topological polar surface area (TPSA) is 51.3 Å². The number of rotatable bonds is 3. The first-order valence-corrected chi connectivity index (χ1v) is 6.92. The van der Waals surface area contributed by atoms with Crippen molar-refractivity contribution in [1.29, 1.82) is 0 Å². The summed E-state index contributed by atoms with van der Waals surface area (Å²) in [7, 11) is 1.86. The molecule has 1 aliphatic rings. The highest BCUT2D eigenvalue weighted by atomic mass is 16.3. The predicted molar refractivity (Wildman–Crippen MR) is 74.0 cm³/mol. The molecule has 1 aliphatic heterocycles. The fourth-order valence-electron chi connectivity index (χ4n) is 2.79. The summed E-state index contributed by atoms with van der Waals surface area (Å²) in [6.45, 7) is 3.27. The zero-order valence-corrected chi connectivity index (χ0v) is 11.9. The zero-order valence-electron chi connectivity index (χ0n) is 11.9. The Morgan fingerprint density at radius 2 is 2.45 bits per heavy atom. The molecule has 0 N–H and O–H groups in total. The van der Waals surface area contributed by atoms with Gasteiger partial charge in [-0.25, -0.2) is 4.98 Å². The SMILES string of the molecule is Cc1occc1CN(C)C(=O)C1CCc2cncn2C1. The molecule has 0 aromatic carbocycles. The minimum atomic E-state index is 0.0499. The first-order chi connectivity index (χ1) is 9.65. The molecule has 3 heterocycles. The van der Waals surface area contributed by atoms with Crippen LogP contribution < -0.4 is 0 Å². The first-order valence-electron chi connectivity index (χ1n) is 6.92. The van der Waals surface area contributed by atoms with Crippen molar-refractivity contribution in [2.24, 2.45) is 5.92 Å². The van der Waals surface area contributed by atoms with Gasteiger partial charge in [-0.15, -0.1) is 0 Å². The van der Waals surface area contributed by atoms with Crippen molar-refractivity contribution >= 4 is 5.91 Å². The molecule has 0 fully saturated rings. The first kappa shape index (κ1) is 13.0. The second-order valence-electron chi connectivity index (χ2n) is 5.47. The Kier molecular flexibility index (Phi) is 3.34. The lowest BCUT2D eigenvalue weighted by Gasteiger charge is -2.27. The Bertz CT molecular complexity index is 614. The number of fused-ring (bicyclic) bond motifs is 1. The van der Waals surface area contributed by atoms with E-state index in [4.69, 9.17) is 4.42 Å². The summed E-state index contributed by atoms with van der Waals surface area (Å²) in [4.78, 5) is 18.5. The van der Waals surface area contributed by atoms with Gasteiger partial charge in [-0.3, -0.25) is 4.79 Å². The zero-order chi connectivity index (χ0) is 14.1.